The second-order valence-corrected chi connectivity index (χ2v) is 8.89. The lowest BCUT2D eigenvalue weighted by atomic mass is 9.48. The Morgan fingerprint density at radius 1 is 1.05 bits per heavy atom. The minimum absolute atomic E-state index is 0.144. The molecule has 0 saturated heterocycles. The molecule has 21 heavy (non-hydrogen) atoms. The fourth-order valence-corrected chi connectivity index (χ4v) is 6.68. The molecule has 0 aromatic carbocycles. The van der Waals surface area contributed by atoms with Gasteiger partial charge in [-0.15, -0.1) is 0 Å². The number of hydrogen-bond acceptors (Lipinski definition) is 2. The Hall–Kier alpha value is -0.340. The van der Waals surface area contributed by atoms with E-state index in [1.165, 1.54) is 44.1 Å². The van der Waals surface area contributed by atoms with E-state index in [1.807, 2.05) is 0 Å². The quantitative estimate of drug-likeness (QED) is 0.668. The van der Waals surface area contributed by atoms with Crippen LogP contribution in [0.3, 0.4) is 0 Å². The van der Waals surface area contributed by atoms with Gasteiger partial charge in [0.15, 0.2) is 0 Å². The zero-order chi connectivity index (χ0) is 14.8. The summed E-state index contributed by atoms with van der Waals surface area (Å²) in [5, 5.41) is 20.3. The maximum atomic E-state index is 10.2. The Bertz CT molecular complexity index is 470. The van der Waals surface area contributed by atoms with Crippen LogP contribution in [0.2, 0.25) is 0 Å². The first-order valence-electron chi connectivity index (χ1n) is 9.00. The number of aliphatic hydroxyl groups excluding tert-OH is 2. The van der Waals surface area contributed by atoms with Crippen LogP contribution in [-0.4, -0.2) is 22.4 Å². The zero-order valence-corrected chi connectivity index (χ0v) is 13.5. The standard InChI is InChI=1S/C19H30O2/c1-18-8-3-4-14(18)13-6-5-12-10-16(20)17(21)11-19(12,2)15(13)7-9-18/h5,13-17,20-21H,3-4,6-11H2,1-2H3/t13-,14-,15+,16?,17?,18-,19-/m0/s1. The monoisotopic (exact) mass is 290 g/mol. The lowest BCUT2D eigenvalue weighted by Gasteiger charge is -2.57. The largest absolute Gasteiger partial charge is 0.390 e. The first-order valence-corrected chi connectivity index (χ1v) is 9.00. The van der Waals surface area contributed by atoms with Gasteiger partial charge in [-0.25, -0.2) is 0 Å². The smallest absolute Gasteiger partial charge is 0.0836 e. The number of hydrogen-bond donors (Lipinski definition) is 2. The van der Waals surface area contributed by atoms with Gasteiger partial charge in [-0.3, -0.25) is 0 Å². The highest BCUT2D eigenvalue weighted by Gasteiger charge is 2.56. The molecule has 0 aromatic heterocycles. The molecule has 2 nitrogen and oxygen atoms in total. The molecular formula is C19H30O2. The molecule has 0 bridgehead atoms. The molecule has 4 aliphatic rings. The van der Waals surface area contributed by atoms with Crippen LogP contribution in [0.15, 0.2) is 11.6 Å². The van der Waals surface area contributed by atoms with Crippen LogP contribution in [0.1, 0.15) is 65.2 Å². The first kappa shape index (κ1) is 14.3. The van der Waals surface area contributed by atoms with Crippen LogP contribution in [0, 0.1) is 28.6 Å². The van der Waals surface area contributed by atoms with Crippen molar-refractivity contribution in [3.8, 4) is 0 Å². The molecular weight excluding hydrogens is 260 g/mol. The topological polar surface area (TPSA) is 40.5 Å². The maximum absolute atomic E-state index is 10.2. The molecule has 2 N–H and O–H groups in total. The van der Waals surface area contributed by atoms with Gasteiger partial charge in [0.05, 0.1) is 12.2 Å². The van der Waals surface area contributed by atoms with Crippen LogP contribution in [0.5, 0.6) is 0 Å². The van der Waals surface area contributed by atoms with Gasteiger partial charge in [-0.05, 0) is 73.5 Å². The van der Waals surface area contributed by atoms with Gasteiger partial charge in [0, 0.05) is 0 Å². The summed E-state index contributed by atoms with van der Waals surface area (Å²) < 4.78 is 0. The van der Waals surface area contributed by atoms with Crippen LogP contribution in [0.25, 0.3) is 0 Å². The summed E-state index contributed by atoms with van der Waals surface area (Å²) in [5.41, 5.74) is 2.18. The molecule has 0 spiro atoms. The van der Waals surface area contributed by atoms with E-state index in [4.69, 9.17) is 0 Å². The van der Waals surface area contributed by atoms with Gasteiger partial charge < -0.3 is 10.2 Å². The van der Waals surface area contributed by atoms with Gasteiger partial charge in [0.1, 0.15) is 0 Å². The molecule has 3 saturated carbocycles. The Labute approximate surface area is 128 Å². The minimum atomic E-state index is -0.541. The molecule has 0 heterocycles. The average molecular weight is 290 g/mol. The van der Waals surface area contributed by atoms with Gasteiger partial charge in [-0.1, -0.05) is 31.9 Å². The van der Waals surface area contributed by atoms with Gasteiger partial charge in [0.25, 0.3) is 0 Å². The van der Waals surface area contributed by atoms with E-state index in [9.17, 15) is 10.2 Å². The number of fused-ring (bicyclic) bond motifs is 5. The molecule has 7 atom stereocenters. The maximum Gasteiger partial charge on any atom is 0.0836 e. The second-order valence-electron chi connectivity index (χ2n) is 8.89. The average Bonchev–Trinajstić information content (AvgIpc) is 2.82. The SMILES string of the molecule is C[C@@]12CCC[C@H]1[C@@H]1CC=C3CC(O)C(O)C[C@]3(C)[C@@H]1CC2. The van der Waals surface area contributed by atoms with Crippen molar-refractivity contribution in [2.24, 2.45) is 28.6 Å². The highest BCUT2D eigenvalue weighted by molar-refractivity contribution is 5.26. The highest BCUT2D eigenvalue weighted by Crippen LogP contribution is 2.64. The lowest BCUT2D eigenvalue weighted by molar-refractivity contribution is -0.0797. The van der Waals surface area contributed by atoms with Gasteiger partial charge >= 0.3 is 0 Å². The summed E-state index contributed by atoms with van der Waals surface area (Å²) >= 11 is 0. The van der Waals surface area contributed by atoms with E-state index in [2.05, 4.69) is 19.9 Å². The number of rotatable bonds is 0. The van der Waals surface area contributed by atoms with Crippen molar-refractivity contribution >= 4 is 0 Å². The van der Waals surface area contributed by atoms with Crippen molar-refractivity contribution in [1.82, 2.24) is 0 Å². The molecule has 0 aromatic rings. The molecule has 0 radical (unpaired) electrons. The fourth-order valence-electron chi connectivity index (χ4n) is 6.68. The molecule has 0 aliphatic heterocycles. The molecule has 2 unspecified atom stereocenters. The Morgan fingerprint density at radius 2 is 1.86 bits per heavy atom. The van der Waals surface area contributed by atoms with Crippen LogP contribution < -0.4 is 0 Å². The minimum Gasteiger partial charge on any atom is -0.390 e. The summed E-state index contributed by atoms with van der Waals surface area (Å²) in [7, 11) is 0. The van der Waals surface area contributed by atoms with Crippen molar-refractivity contribution in [2.75, 3.05) is 0 Å². The van der Waals surface area contributed by atoms with Crippen molar-refractivity contribution in [3.63, 3.8) is 0 Å². The summed E-state index contributed by atoms with van der Waals surface area (Å²) in [6.07, 6.45) is 11.0. The second kappa shape index (κ2) is 4.58. The van der Waals surface area contributed by atoms with E-state index in [-0.39, 0.29) is 5.41 Å². The molecule has 4 rings (SSSR count). The molecule has 118 valence electrons. The predicted octanol–water partition coefficient (Wildman–Crippen LogP) is 3.67. The van der Waals surface area contributed by atoms with E-state index in [1.54, 1.807) is 0 Å². The normalized spacial score (nSPS) is 56.2. The van der Waals surface area contributed by atoms with Crippen molar-refractivity contribution in [3.05, 3.63) is 11.6 Å². The molecule has 0 amide bonds. The van der Waals surface area contributed by atoms with E-state index < -0.39 is 12.2 Å². The van der Waals surface area contributed by atoms with E-state index >= 15 is 0 Å². The van der Waals surface area contributed by atoms with Crippen molar-refractivity contribution in [1.29, 1.82) is 0 Å². The zero-order valence-electron chi connectivity index (χ0n) is 13.5. The number of allylic oxidation sites excluding steroid dienone is 1. The Balaban J connectivity index is 1.69. The Kier molecular flexibility index (Phi) is 3.11. The van der Waals surface area contributed by atoms with E-state index in [0.29, 0.717) is 11.8 Å². The molecule has 3 fully saturated rings. The summed E-state index contributed by atoms with van der Waals surface area (Å²) in [4.78, 5) is 0. The third kappa shape index (κ3) is 1.91. The first-order chi connectivity index (χ1) is 9.94. The predicted molar refractivity (Wildman–Crippen MR) is 83.7 cm³/mol. The summed E-state index contributed by atoms with van der Waals surface area (Å²) in [6, 6.07) is 0. The fraction of sp³-hybridized carbons (Fsp3) is 0.895. The van der Waals surface area contributed by atoms with Crippen molar-refractivity contribution in [2.45, 2.75) is 77.4 Å². The summed E-state index contributed by atoms with van der Waals surface area (Å²) in [5.74, 6) is 2.45. The lowest BCUT2D eigenvalue weighted by Crippen LogP contribution is -2.52. The van der Waals surface area contributed by atoms with E-state index in [0.717, 1.165) is 24.2 Å². The Morgan fingerprint density at radius 3 is 2.67 bits per heavy atom. The summed E-state index contributed by atoms with van der Waals surface area (Å²) in [6.45, 7) is 4.91. The van der Waals surface area contributed by atoms with Crippen molar-refractivity contribution < 1.29 is 10.2 Å². The third-order valence-electron chi connectivity index (χ3n) is 7.91. The third-order valence-corrected chi connectivity index (χ3v) is 7.91. The van der Waals surface area contributed by atoms with Crippen LogP contribution in [0.4, 0.5) is 0 Å². The molecule has 2 heteroatoms. The van der Waals surface area contributed by atoms with Gasteiger partial charge in [-0.2, -0.15) is 0 Å². The van der Waals surface area contributed by atoms with Crippen LogP contribution >= 0.6 is 0 Å². The van der Waals surface area contributed by atoms with Gasteiger partial charge in [0.2, 0.25) is 0 Å². The van der Waals surface area contributed by atoms with Crippen LogP contribution in [-0.2, 0) is 0 Å². The molecule has 4 aliphatic carbocycles. The number of aliphatic hydroxyl groups is 2. The highest BCUT2D eigenvalue weighted by atomic mass is 16.3.